The van der Waals surface area contributed by atoms with Gasteiger partial charge in [0.05, 0.1) is 11.1 Å². The Morgan fingerprint density at radius 1 is 0.673 bits per heavy atom. The van der Waals surface area contributed by atoms with Crippen molar-refractivity contribution in [2.24, 2.45) is 5.41 Å². The molecule has 1 aliphatic carbocycles. The van der Waals surface area contributed by atoms with Gasteiger partial charge in [0.15, 0.2) is 5.75 Å². The number of aromatic carboxylic acids is 1. The molecule has 1 aliphatic rings. The molecule has 3 aromatic carbocycles. The average Bonchev–Trinajstić information content (AvgIpc) is 3.09. The summed E-state index contributed by atoms with van der Waals surface area (Å²) >= 11 is 3.38. The molecular weight excluding hydrogens is 728 g/mol. The minimum Gasteiger partial charge on any atom is -0.506 e. The van der Waals surface area contributed by atoms with Crippen LogP contribution < -0.4 is 14.2 Å². The lowest BCUT2D eigenvalue weighted by Crippen LogP contribution is -2.37. The third kappa shape index (κ3) is 6.69. The van der Waals surface area contributed by atoms with Crippen LogP contribution in [0, 0.1) is 67.7 Å². The number of esters is 3. The second kappa shape index (κ2) is 15.1. The molecule has 0 aromatic heterocycles. The fraction of sp³-hybridized carbons (Fsp3) is 0.381. The van der Waals surface area contributed by atoms with Crippen LogP contribution in [0.3, 0.4) is 0 Å². The Morgan fingerprint density at radius 3 is 1.63 bits per heavy atom. The summed E-state index contributed by atoms with van der Waals surface area (Å²) in [4.78, 5) is 53.1. The summed E-state index contributed by atoms with van der Waals surface area (Å²) in [5.74, 6) is -2.81. The van der Waals surface area contributed by atoms with E-state index >= 15 is 0 Å². The number of halogens is 1. The molecule has 9 nitrogen and oxygen atoms in total. The Kier molecular flexibility index (Phi) is 11.6. The zero-order valence-corrected chi connectivity index (χ0v) is 33.6. The fourth-order valence-corrected chi connectivity index (χ4v) is 7.79. The first-order valence-corrected chi connectivity index (χ1v) is 18.1. The molecule has 0 bridgehead atoms. The first kappa shape index (κ1) is 40.1. The lowest BCUT2D eigenvalue weighted by atomic mass is 9.70. The van der Waals surface area contributed by atoms with Gasteiger partial charge >= 0.3 is 23.9 Å². The molecule has 0 heterocycles. The molecule has 0 saturated carbocycles. The van der Waals surface area contributed by atoms with Gasteiger partial charge in [-0.15, -0.1) is 0 Å². The Morgan fingerprint density at radius 2 is 1.13 bits per heavy atom. The highest BCUT2D eigenvalue weighted by Gasteiger charge is 2.43. The standard InChI is InChI=1S/C42H47BrO9/c1-13-28-16-15-17-29(14-2)42(28,12)41(49)52-37-27(11)24(8)33(35(44)34(37)43)40(48)50-30-18-19(3)31(21(5)20(30)4)39(47)51-36-25(9)22(6)32(38(45)46)23(7)26(36)10/h16-18,44H,13-15H2,1-12H3,(H,45,46). The first-order valence-electron chi connectivity index (χ1n) is 17.3. The molecule has 0 fully saturated rings. The number of allylic oxidation sites excluding steroid dienone is 2. The number of ether oxygens (including phenoxy) is 3. The summed E-state index contributed by atoms with van der Waals surface area (Å²) in [5.41, 5.74) is 5.85. The number of aryl methyl sites for hydroxylation is 1. The molecule has 0 amide bonds. The molecule has 0 aliphatic heterocycles. The number of phenols is 1. The first-order chi connectivity index (χ1) is 24.3. The minimum absolute atomic E-state index is 0.0500. The zero-order valence-electron chi connectivity index (χ0n) is 32.0. The van der Waals surface area contributed by atoms with Crippen LogP contribution in [-0.2, 0) is 4.79 Å². The number of carbonyl (C=O) groups excluding carboxylic acids is 3. The van der Waals surface area contributed by atoms with Gasteiger partial charge < -0.3 is 24.4 Å². The van der Waals surface area contributed by atoms with Gasteiger partial charge in [0.1, 0.15) is 32.7 Å². The van der Waals surface area contributed by atoms with Crippen molar-refractivity contribution in [1.29, 1.82) is 0 Å². The second-order valence-electron chi connectivity index (χ2n) is 13.6. The summed E-state index contributed by atoms with van der Waals surface area (Å²) in [6, 6.07) is 1.56. The van der Waals surface area contributed by atoms with Crippen LogP contribution in [0.2, 0.25) is 0 Å². The number of hydrogen-bond acceptors (Lipinski definition) is 8. The molecular formula is C42H47BrO9. The van der Waals surface area contributed by atoms with Gasteiger partial charge in [-0.3, -0.25) is 4.79 Å². The van der Waals surface area contributed by atoms with Crippen LogP contribution in [0.1, 0.15) is 121 Å². The summed E-state index contributed by atoms with van der Waals surface area (Å²) in [6.07, 6.45) is 6.22. The molecule has 0 atom stereocenters. The van der Waals surface area contributed by atoms with Crippen molar-refractivity contribution < 1.29 is 43.6 Å². The molecule has 0 spiro atoms. The van der Waals surface area contributed by atoms with Crippen molar-refractivity contribution in [1.82, 2.24) is 0 Å². The molecule has 0 unspecified atom stereocenters. The van der Waals surface area contributed by atoms with E-state index in [1.807, 2.05) is 20.8 Å². The monoisotopic (exact) mass is 774 g/mol. The number of carboxylic acid groups (broad SMARTS) is 1. The van der Waals surface area contributed by atoms with E-state index in [1.54, 1.807) is 68.4 Å². The van der Waals surface area contributed by atoms with E-state index in [2.05, 4.69) is 28.1 Å². The van der Waals surface area contributed by atoms with Crippen molar-refractivity contribution in [3.05, 3.63) is 101 Å². The predicted molar refractivity (Wildman–Crippen MR) is 203 cm³/mol. The van der Waals surface area contributed by atoms with Crippen LogP contribution in [0.4, 0.5) is 0 Å². The Hall–Kier alpha value is -4.70. The maximum atomic E-state index is 13.8. The molecule has 52 heavy (non-hydrogen) atoms. The molecule has 276 valence electrons. The molecule has 4 rings (SSSR count). The van der Waals surface area contributed by atoms with Crippen LogP contribution in [0.5, 0.6) is 23.0 Å². The van der Waals surface area contributed by atoms with Crippen molar-refractivity contribution in [2.75, 3.05) is 0 Å². The molecule has 0 saturated heterocycles. The quantitative estimate of drug-likeness (QED) is 0.124. The second-order valence-corrected chi connectivity index (χ2v) is 14.4. The Balaban J connectivity index is 1.66. The van der Waals surface area contributed by atoms with E-state index < -0.39 is 35.0 Å². The van der Waals surface area contributed by atoms with Crippen molar-refractivity contribution in [3.63, 3.8) is 0 Å². The van der Waals surface area contributed by atoms with Gasteiger partial charge in [0.2, 0.25) is 0 Å². The maximum absolute atomic E-state index is 13.8. The van der Waals surface area contributed by atoms with Crippen LogP contribution in [0.15, 0.2) is 33.8 Å². The van der Waals surface area contributed by atoms with E-state index in [1.165, 1.54) is 0 Å². The summed E-state index contributed by atoms with van der Waals surface area (Å²) in [6.45, 7) is 21.1. The summed E-state index contributed by atoms with van der Waals surface area (Å²) in [5, 5.41) is 21.0. The van der Waals surface area contributed by atoms with Gasteiger partial charge in [0, 0.05) is 0 Å². The van der Waals surface area contributed by atoms with E-state index in [-0.39, 0.29) is 32.7 Å². The van der Waals surface area contributed by atoms with E-state index in [4.69, 9.17) is 14.2 Å². The smallest absolute Gasteiger partial charge is 0.347 e. The number of benzene rings is 3. The average molecular weight is 776 g/mol. The maximum Gasteiger partial charge on any atom is 0.347 e. The molecule has 10 heteroatoms. The number of carboxylic acids is 1. The predicted octanol–water partition coefficient (Wildman–Crippen LogP) is 10.1. The number of rotatable bonds is 9. The zero-order chi connectivity index (χ0) is 39.1. The van der Waals surface area contributed by atoms with Crippen molar-refractivity contribution in [3.8, 4) is 23.0 Å². The minimum atomic E-state index is -1.05. The highest BCUT2D eigenvalue weighted by atomic mass is 79.9. The van der Waals surface area contributed by atoms with Crippen LogP contribution in [-0.4, -0.2) is 34.1 Å². The van der Waals surface area contributed by atoms with Crippen molar-refractivity contribution >= 4 is 39.8 Å². The highest BCUT2D eigenvalue weighted by Crippen LogP contribution is 2.47. The van der Waals surface area contributed by atoms with Crippen molar-refractivity contribution in [2.45, 2.75) is 102 Å². The molecule has 3 aromatic rings. The lowest BCUT2D eigenvalue weighted by Gasteiger charge is -2.35. The summed E-state index contributed by atoms with van der Waals surface area (Å²) < 4.78 is 17.8. The normalized spacial score (nSPS) is 13.6. The SMILES string of the molecule is CCC1=CCC=C(CC)C1(C)C(=O)Oc1c(C)c(C)c(C(=O)Oc2cc(C)c(C(=O)Oc3c(C)c(C)c(C(=O)O)c(C)c3C)c(C)c2C)c(O)c1Br. The number of hydrogen-bond donors (Lipinski definition) is 2. The van der Waals surface area contributed by atoms with Gasteiger partial charge in [-0.05, 0) is 161 Å². The van der Waals surface area contributed by atoms with E-state index in [9.17, 15) is 29.4 Å². The Labute approximate surface area is 313 Å². The van der Waals surface area contributed by atoms with Gasteiger partial charge in [-0.2, -0.15) is 0 Å². The molecule has 0 radical (unpaired) electrons. The van der Waals surface area contributed by atoms with E-state index in [0.717, 1.165) is 17.6 Å². The Bertz CT molecular complexity index is 2040. The molecule has 2 N–H and O–H groups in total. The third-order valence-corrected chi connectivity index (χ3v) is 11.7. The number of phenolic OH excluding ortho intramolecular Hbond substituents is 1. The number of aromatic hydroxyl groups is 1. The summed E-state index contributed by atoms with van der Waals surface area (Å²) in [7, 11) is 0. The third-order valence-electron chi connectivity index (χ3n) is 10.9. The topological polar surface area (TPSA) is 136 Å². The van der Waals surface area contributed by atoms with Crippen LogP contribution >= 0.6 is 15.9 Å². The van der Waals surface area contributed by atoms with Crippen LogP contribution in [0.25, 0.3) is 0 Å². The lowest BCUT2D eigenvalue weighted by molar-refractivity contribution is -0.141. The largest absolute Gasteiger partial charge is 0.506 e. The van der Waals surface area contributed by atoms with Gasteiger partial charge in [-0.1, -0.05) is 37.1 Å². The van der Waals surface area contributed by atoms with Gasteiger partial charge in [0.25, 0.3) is 0 Å². The highest BCUT2D eigenvalue weighted by molar-refractivity contribution is 9.10. The van der Waals surface area contributed by atoms with E-state index in [0.29, 0.717) is 68.7 Å². The number of carbonyl (C=O) groups is 4. The van der Waals surface area contributed by atoms with Gasteiger partial charge in [-0.25, -0.2) is 14.4 Å². The fourth-order valence-electron chi connectivity index (χ4n) is 7.21.